The van der Waals surface area contributed by atoms with Gasteiger partial charge in [-0.2, -0.15) is 0 Å². The molecule has 0 fully saturated rings. The summed E-state index contributed by atoms with van der Waals surface area (Å²) in [5.74, 6) is 0.805. The zero-order valence-corrected chi connectivity index (χ0v) is 13.4. The molecule has 1 atom stereocenters. The van der Waals surface area contributed by atoms with Gasteiger partial charge in [0.25, 0.3) is 0 Å². The maximum Gasteiger partial charge on any atom is 0.134 e. The Morgan fingerprint density at radius 3 is 2.50 bits per heavy atom. The quantitative estimate of drug-likeness (QED) is 0.898. The van der Waals surface area contributed by atoms with E-state index in [9.17, 15) is 0 Å². The number of likely N-dealkylation sites (N-methyl/N-ethyl adjacent to an activating group) is 1. The van der Waals surface area contributed by atoms with Crippen molar-refractivity contribution in [3.8, 4) is 0 Å². The second-order valence-electron chi connectivity index (χ2n) is 5.63. The fourth-order valence-corrected chi connectivity index (χ4v) is 2.95. The van der Waals surface area contributed by atoms with Gasteiger partial charge in [-0.1, -0.05) is 25.4 Å². The molecule has 110 valence electrons. The van der Waals surface area contributed by atoms with Crippen molar-refractivity contribution in [2.45, 2.75) is 39.3 Å². The maximum absolute atomic E-state index is 6.46. The Kier molecular flexibility index (Phi) is 4.43. The van der Waals surface area contributed by atoms with E-state index >= 15 is 0 Å². The summed E-state index contributed by atoms with van der Waals surface area (Å²) in [7, 11) is 0. The Morgan fingerprint density at radius 2 is 1.90 bits per heavy atom. The molecule has 0 aliphatic carbocycles. The smallest absolute Gasteiger partial charge is 0.134 e. The van der Waals surface area contributed by atoms with Gasteiger partial charge in [0.2, 0.25) is 0 Å². The highest BCUT2D eigenvalue weighted by Crippen LogP contribution is 2.33. The average molecular weight is 295 g/mol. The summed E-state index contributed by atoms with van der Waals surface area (Å²) in [6.07, 6.45) is 0. The third kappa shape index (κ3) is 2.71. The van der Waals surface area contributed by atoms with Gasteiger partial charge in [0, 0.05) is 15.9 Å². The van der Waals surface area contributed by atoms with Crippen LogP contribution in [0.1, 0.15) is 39.5 Å². The Hall–Kier alpha value is -1.03. The van der Waals surface area contributed by atoms with E-state index in [2.05, 4.69) is 32.6 Å². The molecule has 0 amide bonds. The summed E-state index contributed by atoms with van der Waals surface area (Å²) in [4.78, 5) is 2.35. The lowest BCUT2D eigenvalue weighted by Crippen LogP contribution is -2.51. The molecule has 1 heterocycles. The minimum Gasteiger partial charge on any atom is -0.459 e. The van der Waals surface area contributed by atoms with Gasteiger partial charge in [-0.15, -0.1) is 0 Å². The van der Waals surface area contributed by atoms with Crippen molar-refractivity contribution in [3.05, 3.63) is 35.0 Å². The number of furan rings is 1. The first kappa shape index (κ1) is 15.4. The summed E-state index contributed by atoms with van der Waals surface area (Å²) in [5.41, 5.74) is 7.12. The number of nitrogens with two attached hydrogens (primary N) is 1. The maximum atomic E-state index is 6.46. The molecule has 0 bridgehead atoms. The zero-order chi connectivity index (χ0) is 14.9. The lowest BCUT2D eigenvalue weighted by molar-refractivity contribution is 0.0990. The Morgan fingerprint density at radius 1 is 1.25 bits per heavy atom. The van der Waals surface area contributed by atoms with Crippen LogP contribution in [0.3, 0.4) is 0 Å². The highest BCUT2D eigenvalue weighted by Gasteiger charge is 2.34. The molecule has 0 spiro atoms. The lowest BCUT2D eigenvalue weighted by atomic mass is 9.91. The van der Waals surface area contributed by atoms with Crippen LogP contribution in [0.4, 0.5) is 0 Å². The third-order valence-electron chi connectivity index (χ3n) is 4.14. The van der Waals surface area contributed by atoms with Gasteiger partial charge in [0.15, 0.2) is 0 Å². The Balaban J connectivity index is 2.37. The van der Waals surface area contributed by atoms with E-state index in [1.807, 2.05) is 24.3 Å². The van der Waals surface area contributed by atoms with Crippen LogP contribution in [-0.2, 0) is 0 Å². The van der Waals surface area contributed by atoms with Gasteiger partial charge in [0.1, 0.15) is 11.3 Å². The van der Waals surface area contributed by atoms with E-state index in [-0.39, 0.29) is 11.6 Å². The number of nitrogens with zero attached hydrogens (tertiary/aromatic N) is 1. The number of rotatable bonds is 5. The van der Waals surface area contributed by atoms with Gasteiger partial charge in [-0.05, 0) is 51.2 Å². The third-order valence-corrected chi connectivity index (χ3v) is 4.38. The largest absolute Gasteiger partial charge is 0.459 e. The van der Waals surface area contributed by atoms with E-state index in [1.54, 1.807) is 0 Å². The van der Waals surface area contributed by atoms with Crippen molar-refractivity contribution in [1.82, 2.24) is 4.90 Å². The lowest BCUT2D eigenvalue weighted by Gasteiger charge is -2.40. The van der Waals surface area contributed by atoms with Crippen LogP contribution in [-0.4, -0.2) is 23.5 Å². The SMILES string of the molecule is CCN(CC)C(C)(C)C(N)c1cc2cc(Cl)ccc2o1. The molecule has 2 rings (SSSR count). The molecule has 4 heteroatoms. The molecule has 0 saturated carbocycles. The highest BCUT2D eigenvalue weighted by atomic mass is 35.5. The number of hydrogen-bond donors (Lipinski definition) is 1. The standard InChI is InChI=1S/C16H23ClN2O/c1-5-19(6-2)16(3,4)15(18)14-10-11-9-12(17)7-8-13(11)20-14/h7-10,15H,5-6,18H2,1-4H3. The van der Waals surface area contributed by atoms with Crippen molar-refractivity contribution in [1.29, 1.82) is 0 Å². The van der Waals surface area contributed by atoms with Crippen LogP contribution in [0.15, 0.2) is 28.7 Å². The van der Waals surface area contributed by atoms with Crippen LogP contribution in [0.2, 0.25) is 5.02 Å². The second kappa shape index (κ2) is 5.76. The molecular weight excluding hydrogens is 272 g/mol. The second-order valence-corrected chi connectivity index (χ2v) is 6.07. The van der Waals surface area contributed by atoms with Crippen LogP contribution in [0.25, 0.3) is 11.0 Å². The van der Waals surface area contributed by atoms with Crippen LogP contribution < -0.4 is 5.73 Å². The van der Waals surface area contributed by atoms with Crippen molar-refractivity contribution in [2.75, 3.05) is 13.1 Å². The van der Waals surface area contributed by atoms with Gasteiger partial charge in [-0.25, -0.2) is 0 Å². The summed E-state index contributed by atoms with van der Waals surface area (Å²) in [6, 6.07) is 7.43. The fraction of sp³-hybridized carbons (Fsp3) is 0.500. The molecule has 0 saturated heterocycles. The minimum atomic E-state index is -0.187. The Bertz CT molecular complexity index is 587. The molecule has 3 nitrogen and oxygen atoms in total. The van der Waals surface area contributed by atoms with Crippen LogP contribution in [0.5, 0.6) is 0 Å². The van der Waals surface area contributed by atoms with E-state index in [1.165, 1.54) is 0 Å². The molecule has 2 N–H and O–H groups in total. The summed E-state index contributed by atoms with van der Waals surface area (Å²) >= 11 is 6.01. The first-order chi connectivity index (χ1) is 9.40. The van der Waals surface area contributed by atoms with Crippen molar-refractivity contribution < 1.29 is 4.42 Å². The first-order valence-electron chi connectivity index (χ1n) is 7.09. The first-order valence-corrected chi connectivity index (χ1v) is 7.47. The molecule has 1 aromatic heterocycles. The van der Waals surface area contributed by atoms with Gasteiger partial charge >= 0.3 is 0 Å². The number of benzene rings is 1. The Labute approximate surface area is 125 Å². The van der Waals surface area contributed by atoms with Crippen molar-refractivity contribution in [3.63, 3.8) is 0 Å². The summed E-state index contributed by atoms with van der Waals surface area (Å²) in [5, 5.41) is 1.71. The molecule has 0 radical (unpaired) electrons. The van der Waals surface area contributed by atoms with Crippen molar-refractivity contribution >= 4 is 22.6 Å². The molecule has 0 aliphatic rings. The number of halogens is 1. The monoisotopic (exact) mass is 294 g/mol. The van der Waals surface area contributed by atoms with Gasteiger partial charge < -0.3 is 10.2 Å². The van der Waals surface area contributed by atoms with Crippen molar-refractivity contribution in [2.24, 2.45) is 5.73 Å². The van der Waals surface area contributed by atoms with Gasteiger partial charge in [-0.3, -0.25) is 4.90 Å². The fourth-order valence-electron chi connectivity index (χ4n) is 2.77. The van der Waals surface area contributed by atoms with Crippen LogP contribution >= 0.6 is 11.6 Å². The molecule has 0 aliphatic heterocycles. The van der Waals surface area contributed by atoms with E-state index < -0.39 is 0 Å². The zero-order valence-electron chi connectivity index (χ0n) is 12.6. The number of hydrogen-bond acceptors (Lipinski definition) is 3. The number of fused-ring (bicyclic) bond motifs is 1. The molecule has 1 aromatic carbocycles. The minimum absolute atomic E-state index is 0.166. The highest BCUT2D eigenvalue weighted by molar-refractivity contribution is 6.31. The summed E-state index contributed by atoms with van der Waals surface area (Å²) in [6.45, 7) is 10.5. The molecule has 2 aromatic rings. The summed E-state index contributed by atoms with van der Waals surface area (Å²) < 4.78 is 5.90. The molecule has 20 heavy (non-hydrogen) atoms. The van der Waals surface area contributed by atoms with Crippen LogP contribution in [0, 0.1) is 0 Å². The molecule has 1 unspecified atom stereocenters. The normalized spacial score (nSPS) is 14.2. The van der Waals surface area contributed by atoms with E-state index in [0.717, 1.165) is 29.8 Å². The van der Waals surface area contributed by atoms with E-state index in [4.69, 9.17) is 21.8 Å². The average Bonchev–Trinajstić information content (AvgIpc) is 2.81. The van der Waals surface area contributed by atoms with E-state index in [0.29, 0.717) is 5.02 Å². The predicted molar refractivity (Wildman–Crippen MR) is 85.2 cm³/mol. The predicted octanol–water partition coefficient (Wildman–Crippen LogP) is 4.21. The van der Waals surface area contributed by atoms with Gasteiger partial charge in [0.05, 0.1) is 6.04 Å². The molecular formula is C16H23ClN2O. The topological polar surface area (TPSA) is 42.4 Å².